The molecule has 0 radical (unpaired) electrons. The number of benzene rings is 3. The fourth-order valence-electron chi connectivity index (χ4n) is 2.55. The van der Waals surface area contributed by atoms with Crippen molar-refractivity contribution in [2.24, 2.45) is 0 Å². The van der Waals surface area contributed by atoms with Crippen LogP contribution in [0.4, 0.5) is 5.69 Å². The molecule has 126 valence electrons. The predicted molar refractivity (Wildman–Crippen MR) is 105 cm³/mol. The van der Waals surface area contributed by atoms with Crippen LogP contribution in [-0.4, -0.2) is 16.1 Å². The third kappa shape index (κ3) is 4.26. The molecule has 3 N–H and O–H groups in total. The van der Waals surface area contributed by atoms with Crippen molar-refractivity contribution in [3.05, 3.63) is 71.2 Å². The van der Waals surface area contributed by atoms with Gasteiger partial charge in [0.15, 0.2) is 5.11 Å². The summed E-state index contributed by atoms with van der Waals surface area (Å²) in [7, 11) is 0. The zero-order valence-electron chi connectivity index (χ0n) is 13.1. The van der Waals surface area contributed by atoms with E-state index in [4.69, 9.17) is 23.8 Å². The lowest BCUT2D eigenvalue weighted by atomic mass is 10.0. The van der Waals surface area contributed by atoms with E-state index in [9.17, 15) is 9.90 Å². The van der Waals surface area contributed by atoms with Crippen molar-refractivity contribution in [1.82, 2.24) is 5.32 Å². The van der Waals surface area contributed by atoms with E-state index in [1.54, 1.807) is 6.07 Å². The van der Waals surface area contributed by atoms with Gasteiger partial charge in [-0.25, -0.2) is 0 Å². The van der Waals surface area contributed by atoms with E-state index in [1.807, 2.05) is 42.5 Å². The van der Waals surface area contributed by atoms with E-state index < -0.39 is 0 Å². The molecule has 3 aromatic rings. The number of thiocarbonyl (C=S) groups is 1. The Morgan fingerprint density at radius 1 is 1.08 bits per heavy atom. The Kier molecular flexibility index (Phi) is 5.16. The second kappa shape index (κ2) is 7.51. The normalized spacial score (nSPS) is 10.4. The highest BCUT2D eigenvalue weighted by Crippen LogP contribution is 2.26. The molecule has 0 aliphatic heterocycles. The monoisotopic (exact) mass is 370 g/mol. The van der Waals surface area contributed by atoms with E-state index in [-0.39, 0.29) is 23.2 Å². The molecule has 0 saturated heterocycles. The van der Waals surface area contributed by atoms with Crippen molar-refractivity contribution < 1.29 is 9.90 Å². The first-order valence-electron chi connectivity index (χ1n) is 7.59. The molecule has 0 aliphatic carbocycles. The van der Waals surface area contributed by atoms with Crippen LogP contribution in [0.3, 0.4) is 0 Å². The molecule has 0 atom stereocenters. The van der Waals surface area contributed by atoms with Gasteiger partial charge in [0.05, 0.1) is 12.1 Å². The number of aromatic hydroxyl groups is 1. The van der Waals surface area contributed by atoms with E-state index in [1.165, 1.54) is 12.1 Å². The largest absolute Gasteiger partial charge is 0.506 e. The summed E-state index contributed by atoms with van der Waals surface area (Å²) in [6, 6.07) is 18.3. The number of fused-ring (bicyclic) bond motifs is 1. The molecule has 3 aromatic carbocycles. The van der Waals surface area contributed by atoms with E-state index in [0.717, 1.165) is 16.3 Å². The van der Waals surface area contributed by atoms with Crippen molar-refractivity contribution in [2.45, 2.75) is 6.42 Å². The van der Waals surface area contributed by atoms with Crippen LogP contribution in [0.25, 0.3) is 10.8 Å². The highest BCUT2D eigenvalue weighted by molar-refractivity contribution is 7.80. The molecule has 3 rings (SSSR count). The van der Waals surface area contributed by atoms with Crippen LogP contribution >= 0.6 is 23.8 Å². The summed E-state index contributed by atoms with van der Waals surface area (Å²) in [6.07, 6.45) is 0.199. The van der Waals surface area contributed by atoms with Gasteiger partial charge in [-0.15, -0.1) is 0 Å². The third-order valence-corrected chi connectivity index (χ3v) is 4.13. The Hall–Kier alpha value is -2.63. The number of carbonyl (C=O) groups is 1. The average molecular weight is 371 g/mol. The van der Waals surface area contributed by atoms with Gasteiger partial charge in [-0.2, -0.15) is 0 Å². The standard InChI is InChI=1S/C19H15ClN2O2S/c20-14-8-9-17(23)16(11-14)21-19(25)22-18(24)10-13-6-3-5-12-4-1-2-7-15(12)13/h1-9,11,23H,10H2,(H2,21,22,24,25). The Labute approximate surface area is 155 Å². The van der Waals surface area contributed by atoms with Crippen LogP contribution in [0.5, 0.6) is 5.75 Å². The smallest absolute Gasteiger partial charge is 0.230 e. The van der Waals surface area contributed by atoms with Crippen molar-refractivity contribution in [2.75, 3.05) is 5.32 Å². The molecule has 1 amide bonds. The van der Waals surface area contributed by atoms with Gasteiger partial charge in [-0.3, -0.25) is 4.79 Å². The molecule has 0 heterocycles. The number of phenolic OH excluding ortho intramolecular Hbond substituents is 1. The zero-order valence-corrected chi connectivity index (χ0v) is 14.7. The SMILES string of the molecule is O=C(Cc1cccc2ccccc12)NC(=S)Nc1cc(Cl)ccc1O. The highest BCUT2D eigenvalue weighted by atomic mass is 35.5. The summed E-state index contributed by atoms with van der Waals surface area (Å²) in [5, 5.41) is 17.8. The first-order valence-corrected chi connectivity index (χ1v) is 8.37. The predicted octanol–water partition coefficient (Wildman–Crippen LogP) is 4.25. The zero-order chi connectivity index (χ0) is 17.8. The van der Waals surface area contributed by atoms with E-state index >= 15 is 0 Å². The van der Waals surface area contributed by atoms with Crippen molar-refractivity contribution in [3.63, 3.8) is 0 Å². The highest BCUT2D eigenvalue weighted by Gasteiger charge is 2.10. The molecular formula is C19H15ClN2O2S. The molecular weight excluding hydrogens is 356 g/mol. The number of hydrogen-bond donors (Lipinski definition) is 3. The minimum atomic E-state index is -0.240. The van der Waals surface area contributed by atoms with Crippen molar-refractivity contribution in [1.29, 1.82) is 0 Å². The van der Waals surface area contributed by atoms with Gasteiger partial charge in [0.2, 0.25) is 5.91 Å². The van der Waals surface area contributed by atoms with Crippen LogP contribution in [0.15, 0.2) is 60.7 Å². The van der Waals surface area contributed by atoms with Gasteiger partial charge >= 0.3 is 0 Å². The van der Waals surface area contributed by atoms with Crippen LogP contribution in [0.2, 0.25) is 5.02 Å². The Bertz CT molecular complexity index is 954. The number of amides is 1. The van der Waals surface area contributed by atoms with Gasteiger partial charge in [-0.05, 0) is 46.8 Å². The molecule has 0 saturated carbocycles. The Morgan fingerprint density at radius 3 is 2.68 bits per heavy atom. The molecule has 0 aromatic heterocycles. The molecule has 0 bridgehead atoms. The number of carbonyl (C=O) groups excluding carboxylic acids is 1. The summed E-state index contributed by atoms with van der Waals surface area (Å²) in [5.41, 5.74) is 1.26. The first kappa shape index (κ1) is 17.2. The maximum Gasteiger partial charge on any atom is 0.230 e. The molecule has 0 unspecified atom stereocenters. The molecule has 0 fully saturated rings. The fraction of sp³-hybridized carbons (Fsp3) is 0.0526. The van der Waals surface area contributed by atoms with Crippen LogP contribution in [0, 0.1) is 0 Å². The van der Waals surface area contributed by atoms with Crippen LogP contribution in [-0.2, 0) is 11.2 Å². The third-order valence-electron chi connectivity index (χ3n) is 3.69. The number of hydrogen-bond acceptors (Lipinski definition) is 3. The lowest BCUT2D eigenvalue weighted by Crippen LogP contribution is -2.35. The van der Waals surface area contributed by atoms with E-state index in [0.29, 0.717) is 10.7 Å². The molecule has 6 heteroatoms. The number of phenols is 1. The fourth-order valence-corrected chi connectivity index (χ4v) is 2.95. The quantitative estimate of drug-likeness (QED) is 0.476. The number of anilines is 1. The first-order chi connectivity index (χ1) is 12.0. The number of rotatable bonds is 3. The summed E-state index contributed by atoms with van der Waals surface area (Å²) in [4.78, 5) is 12.3. The summed E-state index contributed by atoms with van der Waals surface area (Å²) in [5.74, 6) is -0.245. The van der Waals surface area contributed by atoms with Crippen molar-refractivity contribution in [3.8, 4) is 5.75 Å². The molecule has 4 nitrogen and oxygen atoms in total. The summed E-state index contributed by atoms with van der Waals surface area (Å²) in [6.45, 7) is 0. The number of nitrogens with one attached hydrogen (secondary N) is 2. The van der Waals surface area contributed by atoms with Crippen molar-refractivity contribution >= 4 is 51.3 Å². The van der Waals surface area contributed by atoms with E-state index in [2.05, 4.69) is 10.6 Å². The average Bonchev–Trinajstić information content (AvgIpc) is 2.58. The summed E-state index contributed by atoms with van der Waals surface area (Å²) >= 11 is 11.0. The molecule has 25 heavy (non-hydrogen) atoms. The maximum atomic E-state index is 12.3. The molecule has 0 spiro atoms. The Balaban J connectivity index is 1.67. The van der Waals surface area contributed by atoms with Gasteiger partial charge in [0.25, 0.3) is 0 Å². The summed E-state index contributed by atoms with van der Waals surface area (Å²) < 4.78 is 0. The Morgan fingerprint density at radius 2 is 1.84 bits per heavy atom. The minimum absolute atomic E-state index is 0.00458. The lowest BCUT2D eigenvalue weighted by Gasteiger charge is -2.12. The van der Waals surface area contributed by atoms with Gasteiger partial charge in [0.1, 0.15) is 5.75 Å². The topological polar surface area (TPSA) is 61.4 Å². The molecule has 0 aliphatic rings. The second-order valence-electron chi connectivity index (χ2n) is 5.48. The second-order valence-corrected chi connectivity index (χ2v) is 6.32. The van der Waals surface area contributed by atoms with Gasteiger partial charge in [0, 0.05) is 5.02 Å². The minimum Gasteiger partial charge on any atom is -0.506 e. The maximum absolute atomic E-state index is 12.3. The van der Waals surface area contributed by atoms with Crippen LogP contribution in [0.1, 0.15) is 5.56 Å². The number of halogens is 1. The lowest BCUT2D eigenvalue weighted by molar-refractivity contribution is -0.119. The van der Waals surface area contributed by atoms with Gasteiger partial charge < -0.3 is 15.7 Å². The van der Waals surface area contributed by atoms with Gasteiger partial charge in [-0.1, -0.05) is 54.1 Å². The van der Waals surface area contributed by atoms with Crippen LogP contribution < -0.4 is 10.6 Å².